The lowest BCUT2D eigenvalue weighted by molar-refractivity contribution is 0.0478. The quantitative estimate of drug-likeness (QED) is 0.592. The number of benzene rings is 1. The molecular formula is C22H22N2O5S. The molecule has 0 N–H and O–H groups in total. The minimum Gasteiger partial charge on any atom is -0.465 e. The van der Waals surface area contributed by atoms with Crippen LogP contribution in [-0.2, 0) is 29.0 Å². The predicted octanol–water partition coefficient (Wildman–Crippen LogP) is 3.64. The van der Waals surface area contributed by atoms with Crippen LogP contribution < -0.4 is 5.56 Å². The molecule has 8 heteroatoms. The van der Waals surface area contributed by atoms with E-state index in [2.05, 4.69) is 4.98 Å². The molecule has 2 aromatic heterocycles. The molecule has 3 aromatic rings. The van der Waals surface area contributed by atoms with Gasteiger partial charge in [0.05, 0.1) is 18.1 Å². The number of hydrogen-bond acceptors (Lipinski definition) is 7. The summed E-state index contributed by atoms with van der Waals surface area (Å²) in [6, 6.07) is 6.73. The fourth-order valence-electron chi connectivity index (χ4n) is 3.72. The number of nitrogens with zero attached hydrogens (tertiary/aromatic N) is 2. The van der Waals surface area contributed by atoms with Crippen molar-refractivity contribution < 1.29 is 19.1 Å². The molecule has 30 heavy (non-hydrogen) atoms. The van der Waals surface area contributed by atoms with Crippen LogP contribution in [0.1, 0.15) is 56.2 Å². The van der Waals surface area contributed by atoms with Gasteiger partial charge >= 0.3 is 11.9 Å². The molecule has 0 amide bonds. The summed E-state index contributed by atoms with van der Waals surface area (Å²) >= 11 is 1.20. The maximum absolute atomic E-state index is 13.0. The average Bonchev–Trinajstić information content (AvgIpc) is 2.92. The molecule has 0 bridgehead atoms. The number of ether oxygens (including phenoxy) is 2. The van der Waals surface area contributed by atoms with Gasteiger partial charge in [-0.15, -0.1) is 11.3 Å². The summed E-state index contributed by atoms with van der Waals surface area (Å²) in [7, 11) is 1.31. The minimum absolute atomic E-state index is 0.0142. The Hall–Kier alpha value is -3.00. The van der Waals surface area contributed by atoms with E-state index in [0.29, 0.717) is 38.3 Å². The summed E-state index contributed by atoms with van der Waals surface area (Å²) in [6.07, 6.45) is 3.84. The van der Waals surface area contributed by atoms with Crippen LogP contribution in [0.5, 0.6) is 0 Å². The minimum atomic E-state index is -0.501. The van der Waals surface area contributed by atoms with Crippen LogP contribution in [0.15, 0.2) is 29.1 Å². The number of carbonyl (C=O) groups excluding carboxylic acids is 2. The van der Waals surface area contributed by atoms with E-state index in [9.17, 15) is 14.4 Å². The summed E-state index contributed by atoms with van der Waals surface area (Å²) in [5, 5.41) is 0.505. The van der Waals surface area contributed by atoms with Crippen LogP contribution >= 0.6 is 11.3 Å². The van der Waals surface area contributed by atoms with Gasteiger partial charge in [0.25, 0.3) is 5.56 Å². The number of hydrogen-bond donors (Lipinski definition) is 0. The highest BCUT2D eigenvalue weighted by atomic mass is 32.1. The molecule has 1 aliphatic rings. The number of rotatable bonds is 4. The average molecular weight is 426 g/mol. The van der Waals surface area contributed by atoms with E-state index < -0.39 is 11.9 Å². The van der Waals surface area contributed by atoms with Crippen molar-refractivity contribution in [2.75, 3.05) is 7.11 Å². The number of esters is 2. The fraction of sp³-hybridized carbons (Fsp3) is 0.364. The van der Waals surface area contributed by atoms with E-state index in [1.807, 2.05) is 0 Å². The molecule has 0 radical (unpaired) electrons. The molecule has 0 fully saturated rings. The van der Waals surface area contributed by atoms with Crippen molar-refractivity contribution in [1.29, 1.82) is 0 Å². The van der Waals surface area contributed by atoms with Gasteiger partial charge in [0.2, 0.25) is 0 Å². The van der Waals surface area contributed by atoms with E-state index in [-0.39, 0.29) is 12.2 Å². The molecule has 3 heterocycles. The van der Waals surface area contributed by atoms with Gasteiger partial charge in [-0.05, 0) is 43.0 Å². The van der Waals surface area contributed by atoms with Crippen molar-refractivity contribution in [3.05, 3.63) is 62.0 Å². The maximum Gasteiger partial charge on any atom is 0.349 e. The summed E-state index contributed by atoms with van der Waals surface area (Å²) in [4.78, 5) is 43.1. The zero-order chi connectivity index (χ0) is 21.3. The van der Waals surface area contributed by atoms with E-state index in [4.69, 9.17) is 9.47 Å². The van der Waals surface area contributed by atoms with Gasteiger partial charge in [0.1, 0.15) is 22.1 Å². The second-order valence-electron chi connectivity index (χ2n) is 7.30. The van der Waals surface area contributed by atoms with E-state index in [1.54, 1.807) is 35.8 Å². The molecule has 7 nitrogen and oxygen atoms in total. The van der Waals surface area contributed by atoms with Gasteiger partial charge in [-0.1, -0.05) is 18.6 Å². The third-order valence-corrected chi connectivity index (χ3v) is 6.48. The summed E-state index contributed by atoms with van der Waals surface area (Å²) < 4.78 is 11.9. The van der Waals surface area contributed by atoms with Crippen molar-refractivity contribution >= 4 is 33.5 Å². The lowest BCUT2D eigenvalue weighted by atomic mass is 10.1. The highest BCUT2D eigenvalue weighted by Crippen LogP contribution is 2.29. The fourth-order valence-corrected chi connectivity index (χ4v) is 4.81. The Labute approximate surface area is 177 Å². The van der Waals surface area contributed by atoms with Gasteiger partial charge in [0, 0.05) is 13.0 Å². The first-order chi connectivity index (χ1) is 14.5. The molecule has 156 valence electrons. The maximum atomic E-state index is 13.0. The van der Waals surface area contributed by atoms with Crippen LogP contribution in [-0.4, -0.2) is 28.6 Å². The Kier molecular flexibility index (Phi) is 5.67. The summed E-state index contributed by atoms with van der Waals surface area (Å²) in [5.41, 5.74) is 1.61. The Morgan fingerprint density at radius 1 is 1.20 bits per heavy atom. The molecule has 0 saturated carbocycles. The first kappa shape index (κ1) is 20.3. The monoisotopic (exact) mass is 426 g/mol. The van der Waals surface area contributed by atoms with Gasteiger partial charge in [-0.25, -0.2) is 14.6 Å². The highest BCUT2D eigenvalue weighted by molar-refractivity contribution is 7.20. The van der Waals surface area contributed by atoms with Crippen molar-refractivity contribution in [2.24, 2.45) is 0 Å². The standard InChI is InChI=1S/C22H22N2O5S/c1-13-17-19(23-16-9-4-3-5-10-24(16)20(17)25)30-18(13)22(27)29-12-14-7-6-8-15(11-14)21(26)28-2/h6-8,11H,3-5,9-10,12H2,1-2H3. The lowest BCUT2D eigenvalue weighted by Crippen LogP contribution is -2.24. The molecule has 1 aliphatic heterocycles. The van der Waals surface area contributed by atoms with Gasteiger partial charge in [-0.2, -0.15) is 0 Å². The van der Waals surface area contributed by atoms with Crippen LogP contribution in [0.3, 0.4) is 0 Å². The number of aromatic nitrogens is 2. The molecule has 0 atom stereocenters. The molecule has 0 spiro atoms. The Morgan fingerprint density at radius 3 is 2.83 bits per heavy atom. The molecule has 4 rings (SSSR count). The van der Waals surface area contributed by atoms with Gasteiger partial charge < -0.3 is 9.47 Å². The van der Waals surface area contributed by atoms with Crippen molar-refractivity contribution in [3.8, 4) is 0 Å². The van der Waals surface area contributed by atoms with Crippen LogP contribution in [0.2, 0.25) is 0 Å². The Morgan fingerprint density at radius 2 is 2.03 bits per heavy atom. The first-order valence-electron chi connectivity index (χ1n) is 9.86. The summed E-state index contributed by atoms with van der Waals surface area (Å²) in [5.74, 6) is -0.154. The second-order valence-corrected chi connectivity index (χ2v) is 8.30. The SMILES string of the molecule is COC(=O)c1cccc(COC(=O)c2sc3nc4n(c(=O)c3c2C)CCCCC4)c1. The van der Waals surface area contributed by atoms with Crippen molar-refractivity contribution in [3.63, 3.8) is 0 Å². The Bertz CT molecular complexity index is 1190. The smallest absolute Gasteiger partial charge is 0.349 e. The van der Waals surface area contributed by atoms with Crippen LogP contribution in [0, 0.1) is 6.92 Å². The van der Waals surface area contributed by atoms with E-state index in [1.165, 1.54) is 18.4 Å². The first-order valence-corrected chi connectivity index (χ1v) is 10.7. The van der Waals surface area contributed by atoms with Gasteiger partial charge in [-0.3, -0.25) is 9.36 Å². The number of fused-ring (bicyclic) bond motifs is 2. The zero-order valence-electron chi connectivity index (χ0n) is 16.9. The Balaban J connectivity index is 1.60. The molecule has 1 aromatic carbocycles. The number of aryl methyl sites for hydroxylation is 2. The predicted molar refractivity (Wildman–Crippen MR) is 113 cm³/mol. The molecule has 0 aliphatic carbocycles. The second kappa shape index (κ2) is 8.39. The van der Waals surface area contributed by atoms with Crippen molar-refractivity contribution in [1.82, 2.24) is 9.55 Å². The third kappa shape index (κ3) is 3.75. The van der Waals surface area contributed by atoms with E-state index in [0.717, 1.165) is 31.5 Å². The van der Waals surface area contributed by atoms with Crippen LogP contribution in [0.4, 0.5) is 0 Å². The zero-order valence-corrected chi connectivity index (χ0v) is 17.7. The largest absolute Gasteiger partial charge is 0.465 e. The molecule has 0 saturated heterocycles. The number of carbonyl (C=O) groups is 2. The van der Waals surface area contributed by atoms with Crippen LogP contribution in [0.25, 0.3) is 10.2 Å². The number of methoxy groups -OCH3 is 1. The highest BCUT2D eigenvalue weighted by Gasteiger charge is 2.23. The number of thiophene rings is 1. The lowest BCUT2D eigenvalue weighted by Gasteiger charge is -2.08. The van der Waals surface area contributed by atoms with E-state index >= 15 is 0 Å². The molecular weight excluding hydrogens is 404 g/mol. The normalized spacial score (nSPS) is 13.5. The summed E-state index contributed by atoms with van der Waals surface area (Å²) in [6.45, 7) is 2.45. The molecule has 0 unspecified atom stereocenters. The third-order valence-electron chi connectivity index (χ3n) is 5.31. The topological polar surface area (TPSA) is 87.5 Å². The van der Waals surface area contributed by atoms with Gasteiger partial charge in [0.15, 0.2) is 0 Å². The van der Waals surface area contributed by atoms with Crippen molar-refractivity contribution in [2.45, 2.75) is 45.8 Å².